The standard InChI is InChI=1S/C24H22FN5O3S/c25-18-4-2-16(3-5-18)19-13-30-23(27-19)34-24(28-30)29-9-7-17(8-10-29)22(31)26-12-15-1-6-20-21(11-15)33-14-32-20/h1-6,11,13,17H,7-10,12,14H2,(H,26,31). The summed E-state index contributed by atoms with van der Waals surface area (Å²) in [6.45, 7) is 2.24. The lowest BCUT2D eigenvalue weighted by molar-refractivity contribution is -0.125. The minimum absolute atomic E-state index is 0.0145. The molecule has 0 aliphatic carbocycles. The Morgan fingerprint density at radius 3 is 2.71 bits per heavy atom. The number of anilines is 1. The lowest BCUT2D eigenvalue weighted by atomic mass is 9.96. The number of rotatable bonds is 5. The van der Waals surface area contributed by atoms with E-state index in [4.69, 9.17) is 9.47 Å². The number of nitrogens with one attached hydrogen (secondary N) is 1. The highest BCUT2D eigenvalue weighted by Crippen LogP contribution is 2.33. The number of halogens is 1. The van der Waals surface area contributed by atoms with Crippen molar-refractivity contribution in [2.24, 2.45) is 5.92 Å². The molecular weight excluding hydrogens is 457 g/mol. The van der Waals surface area contributed by atoms with E-state index in [1.54, 1.807) is 16.6 Å². The summed E-state index contributed by atoms with van der Waals surface area (Å²) in [6, 6.07) is 12.0. The Morgan fingerprint density at radius 1 is 1.12 bits per heavy atom. The fourth-order valence-electron chi connectivity index (χ4n) is 4.29. The average molecular weight is 480 g/mol. The van der Waals surface area contributed by atoms with E-state index in [2.05, 4.69) is 20.3 Å². The number of nitrogens with zero attached hydrogens (tertiary/aromatic N) is 4. The second-order valence-corrected chi connectivity index (χ2v) is 9.35. The molecule has 1 saturated heterocycles. The minimum atomic E-state index is -0.268. The highest BCUT2D eigenvalue weighted by molar-refractivity contribution is 7.20. The highest BCUT2D eigenvalue weighted by Gasteiger charge is 2.27. The van der Waals surface area contributed by atoms with Crippen molar-refractivity contribution < 1.29 is 18.7 Å². The Hall–Kier alpha value is -3.66. The normalized spacial score (nSPS) is 15.7. The van der Waals surface area contributed by atoms with Gasteiger partial charge in [0.25, 0.3) is 0 Å². The molecule has 0 saturated carbocycles. The van der Waals surface area contributed by atoms with Crippen molar-refractivity contribution in [3.05, 3.63) is 60.0 Å². The summed E-state index contributed by atoms with van der Waals surface area (Å²) in [5.41, 5.74) is 2.61. The number of carbonyl (C=O) groups excluding carboxylic acids is 1. The Balaban J connectivity index is 1.04. The Bertz CT molecular complexity index is 1310. The van der Waals surface area contributed by atoms with E-state index in [0.29, 0.717) is 6.54 Å². The molecule has 4 heterocycles. The van der Waals surface area contributed by atoms with Gasteiger partial charge in [0.2, 0.25) is 22.8 Å². The summed E-state index contributed by atoms with van der Waals surface area (Å²) in [4.78, 5) is 20.3. The third-order valence-electron chi connectivity index (χ3n) is 6.21. The average Bonchev–Trinajstić information content (AvgIpc) is 3.58. The van der Waals surface area contributed by atoms with Crippen LogP contribution in [0.25, 0.3) is 16.2 Å². The molecular formula is C24H22FN5O3S. The van der Waals surface area contributed by atoms with E-state index < -0.39 is 0 Å². The Labute approximate surface area is 198 Å². The minimum Gasteiger partial charge on any atom is -0.454 e. The van der Waals surface area contributed by atoms with Crippen molar-refractivity contribution in [3.63, 3.8) is 0 Å². The van der Waals surface area contributed by atoms with Crippen molar-refractivity contribution in [2.75, 3.05) is 24.8 Å². The first-order valence-corrected chi connectivity index (χ1v) is 12.0. The fourth-order valence-corrected chi connectivity index (χ4v) is 5.23. The van der Waals surface area contributed by atoms with Gasteiger partial charge < -0.3 is 19.7 Å². The number of ether oxygens (including phenoxy) is 2. The van der Waals surface area contributed by atoms with E-state index >= 15 is 0 Å². The maximum atomic E-state index is 13.2. The van der Waals surface area contributed by atoms with Crippen LogP contribution in [0.4, 0.5) is 9.52 Å². The van der Waals surface area contributed by atoms with E-state index in [0.717, 1.165) is 64.3 Å². The molecule has 0 bridgehead atoms. The summed E-state index contributed by atoms with van der Waals surface area (Å²) in [6.07, 6.45) is 3.41. The number of hydrogen-bond donors (Lipinski definition) is 1. The van der Waals surface area contributed by atoms with E-state index in [1.807, 2.05) is 24.4 Å². The van der Waals surface area contributed by atoms with E-state index in [-0.39, 0.29) is 24.4 Å². The van der Waals surface area contributed by atoms with Gasteiger partial charge in [0.1, 0.15) is 5.82 Å². The van der Waals surface area contributed by atoms with Gasteiger partial charge in [0, 0.05) is 31.1 Å². The number of benzene rings is 2. The molecule has 2 aromatic heterocycles. The molecule has 34 heavy (non-hydrogen) atoms. The fraction of sp³-hybridized carbons (Fsp3) is 0.292. The second-order valence-electron chi connectivity index (χ2n) is 8.41. The Morgan fingerprint density at radius 2 is 1.91 bits per heavy atom. The molecule has 10 heteroatoms. The zero-order valence-electron chi connectivity index (χ0n) is 18.2. The number of hydrogen-bond acceptors (Lipinski definition) is 7. The number of amides is 1. The van der Waals surface area contributed by atoms with Crippen LogP contribution < -0.4 is 19.7 Å². The molecule has 6 rings (SSSR count). The lowest BCUT2D eigenvalue weighted by Gasteiger charge is -2.30. The third-order valence-corrected chi connectivity index (χ3v) is 7.20. The Kier molecular flexibility index (Phi) is 5.29. The van der Waals surface area contributed by atoms with Gasteiger partial charge >= 0.3 is 0 Å². The molecule has 2 aliphatic rings. The molecule has 0 radical (unpaired) electrons. The van der Waals surface area contributed by atoms with Crippen LogP contribution in [0.5, 0.6) is 11.5 Å². The summed E-state index contributed by atoms with van der Waals surface area (Å²) < 4.78 is 25.7. The quantitative estimate of drug-likeness (QED) is 0.468. The zero-order chi connectivity index (χ0) is 23.1. The van der Waals surface area contributed by atoms with Gasteiger partial charge in [0.15, 0.2) is 11.5 Å². The van der Waals surface area contributed by atoms with Gasteiger partial charge in [-0.1, -0.05) is 17.4 Å². The molecule has 2 aromatic carbocycles. The van der Waals surface area contributed by atoms with Crippen molar-refractivity contribution in [3.8, 4) is 22.8 Å². The largest absolute Gasteiger partial charge is 0.454 e. The molecule has 1 amide bonds. The van der Waals surface area contributed by atoms with Crippen LogP contribution in [0.15, 0.2) is 48.7 Å². The first-order chi connectivity index (χ1) is 16.6. The van der Waals surface area contributed by atoms with Crippen LogP contribution in [-0.2, 0) is 11.3 Å². The van der Waals surface area contributed by atoms with Gasteiger partial charge in [-0.25, -0.2) is 13.9 Å². The van der Waals surface area contributed by atoms with Crippen LogP contribution in [-0.4, -0.2) is 40.4 Å². The number of fused-ring (bicyclic) bond motifs is 2. The van der Waals surface area contributed by atoms with Gasteiger partial charge in [0.05, 0.1) is 11.9 Å². The smallest absolute Gasteiger partial charge is 0.231 e. The lowest BCUT2D eigenvalue weighted by Crippen LogP contribution is -2.40. The summed E-state index contributed by atoms with van der Waals surface area (Å²) in [7, 11) is 0. The molecule has 1 fully saturated rings. The molecule has 0 unspecified atom stereocenters. The maximum absolute atomic E-state index is 13.2. The molecule has 0 spiro atoms. The van der Waals surface area contributed by atoms with Gasteiger partial charge in [-0.15, -0.1) is 5.10 Å². The third kappa shape index (κ3) is 4.05. The van der Waals surface area contributed by atoms with Gasteiger partial charge in [-0.2, -0.15) is 0 Å². The van der Waals surface area contributed by atoms with Gasteiger partial charge in [-0.05, 0) is 54.8 Å². The van der Waals surface area contributed by atoms with E-state index in [9.17, 15) is 9.18 Å². The molecule has 8 nitrogen and oxygen atoms in total. The topological polar surface area (TPSA) is 81.0 Å². The maximum Gasteiger partial charge on any atom is 0.231 e. The van der Waals surface area contributed by atoms with Crippen molar-refractivity contribution in [1.82, 2.24) is 19.9 Å². The number of imidazole rings is 1. The van der Waals surface area contributed by atoms with Crippen molar-refractivity contribution >= 4 is 27.3 Å². The zero-order valence-corrected chi connectivity index (χ0v) is 19.1. The van der Waals surface area contributed by atoms with Crippen LogP contribution in [0.1, 0.15) is 18.4 Å². The molecule has 1 N–H and O–H groups in total. The summed E-state index contributed by atoms with van der Waals surface area (Å²) in [5.74, 6) is 1.26. The molecule has 2 aliphatic heterocycles. The first-order valence-electron chi connectivity index (χ1n) is 11.2. The number of carbonyl (C=O) groups is 1. The summed E-state index contributed by atoms with van der Waals surface area (Å²) >= 11 is 1.52. The SMILES string of the molecule is O=C(NCc1ccc2c(c1)OCO2)C1CCN(c2nn3cc(-c4ccc(F)cc4)nc3s2)CC1. The predicted molar refractivity (Wildman–Crippen MR) is 126 cm³/mol. The second kappa shape index (κ2) is 8.60. The van der Waals surface area contributed by atoms with E-state index in [1.165, 1.54) is 23.5 Å². The van der Waals surface area contributed by atoms with Gasteiger partial charge in [-0.3, -0.25) is 4.79 Å². The summed E-state index contributed by atoms with van der Waals surface area (Å²) in [5, 5.41) is 8.62. The molecule has 4 aromatic rings. The van der Waals surface area contributed by atoms with Crippen LogP contribution >= 0.6 is 11.3 Å². The number of piperidine rings is 1. The number of aromatic nitrogens is 3. The highest BCUT2D eigenvalue weighted by atomic mass is 32.1. The monoisotopic (exact) mass is 479 g/mol. The predicted octanol–water partition coefficient (Wildman–Crippen LogP) is 3.86. The molecule has 174 valence electrons. The van der Waals surface area contributed by atoms with Crippen molar-refractivity contribution in [2.45, 2.75) is 19.4 Å². The van der Waals surface area contributed by atoms with Crippen LogP contribution in [0.3, 0.4) is 0 Å². The van der Waals surface area contributed by atoms with Crippen molar-refractivity contribution in [1.29, 1.82) is 0 Å². The molecule has 0 atom stereocenters. The van der Waals surface area contributed by atoms with Crippen LogP contribution in [0.2, 0.25) is 0 Å². The first kappa shape index (κ1) is 20.9. The van der Waals surface area contributed by atoms with Crippen LogP contribution in [0, 0.1) is 11.7 Å².